The fourth-order valence-corrected chi connectivity index (χ4v) is 1.74. The molecule has 0 aliphatic heterocycles. The van der Waals surface area contributed by atoms with E-state index < -0.39 is 12.0 Å². The molecule has 0 saturated carbocycles. The summed E-state index contributed by atoms with van der Waals surface area (Å²) in [5, 5.41) is 12.0. The lowest BCUT2D eigenvalue weighted by Crippen LogP contribution is -2.38. The van der Waals surface area contributed by atoms with Crippen molar-refractivity contribution in [2.75, 3.05) is 19.8 Å². The monoisotopic (exact) mass is 259 g/mol. The fraction of sp³-hybridized carbons (Fsp3) is 0.929. The van der Waals surface area contributed by atoms with Crippen molar-refractivity contribution < 1.29 is 14.6 Å². The van der Waals surface area contributed by atoms with E-state index in [9.17, 15) is 4.79 Å². The second kappa shape index (κ2) is 12.8. The van der Waals surface area contributed by atoms with E-state index in [1.54, 1.807) is 0 Å². The minimum atomic E-state index is -0.782. The van der Waals surface area contributed by atoms with Gasteiger partial charge in [-0.2, -0.15) is 0 Å². The number of carboxylic acids is 1. The van der Waals surface area contributed by atoms with Gasteiger partial charge < -0.3 is 15.2 Å². The van der Waals surface area contributed by atoms with Crippen molar-refractivity contribution in [3.63, 3.8) is 0 Å². The summed E-state index contributed by atoms with van der Waals surface area (Å²) in [6, 6.07) is -0.468. The van der Waals surface area contributed by atoms with Crippen LogP contribution >= 0.6 is 0 Å². The first-order valence-corrected chi connectivity index (χ1v) is 7.26. The maximum absolute atomic E-state index is 10.9. The smallest absolute Gasteiger partial charge is 0.320 e. The third-order valence-electron chi connectivity index (χ3n) is 2.88. The van der Waals surface area contributed by atoms with Crippen molar-refractivity contribution in [2.24, 2.45) is 0 Å². The van der Waals surface area contributed by atoms with Gasteiger partial charge in [0.2, 0.25) is 0 Å². The van der Waals surface area contributed by atoms with Crippen molar-refractivity contribution >= 4 is 5.97 Å². The minimum Gasteiger partial charge on any atom is -0.480 e. The summed E-state index contributed by atoms with van der Waals surface area (Å²) in [4.78, 5) is 10.9. The number of carbonyl (C=O) groups is 1. The van der Waals surface area contributed by atoms with Crippen LogP contribution in [0.5, 0.6) is 0 Å². The molecule has 0 heterocycles. The van der Waals surface area contributed by atoms with Gasteiger partial charge in [-0.1, -0.05) is 39.5 Å². The van der Waals surface area contributed by atoms with E-state index in [0.717, 1.165) is 26.0 Å². The Hall–Kier alpha value is -0.610. The number of carboxylic acid groups (broad SMARTS) is 1. The van der Waals surface area contributed by atoms with Crippen LogP contribution in [0.2, 0.25) is 0 Å². The fourth-order valence-electron chi connectivity index (χ4n) is 1.74. The number of ether oxygens (including phenoxy) is 1. The van der Waals surface area contributed by atoms with E-state index in [2.05, 4.69) is 12.2 Å². The van der Waals surface area contributed by atoms with Crippen LogP contribution in [-0.2, 0) is 9.53 Å². The zero-order chi connectivity index (χ0) is 13.6. The highest BCUT2D eigenvalue weighted by Crippen LogP contribution is 2.03. The highest BCUT2D eigenvalue weighted by atomic mass is 16.5. The summed E-state index contributed by atoms with van der Waals surface area (Å²) >= 11 is 0. The Morgan fingerprint density at radius 2 is 1.83 bits per heavy atom. The number of rotatable bonds is 13. The van der Waals surface area contributed by atoms with E-state index in [1.807, 2.05) is 6.92 Å². The predicted molar refractivity (Wildman–Crippen MR) is 73.9 cm³/mol. The highest BCUT2D eigenvalue weighted by Gasteiger charge is 2.15. The molecule has 1 unspecified atom stereocenters. The number of hydrogen-bond acceptors (Lipinski definition) is 3. The molecule has 0 fully saturated rings. The molecule has 0 rings (SSSR count). The number of aliphatic carboxylic acids is 1. The Morgan fingerprint density at radius 1 is 1.11 bits per heavy atom. The van der Waals surface area contributed by atoms with Crippen LogP contribution < -0.4 is 5.32 Å². The van der Waals surface area contributed by atoms with Gasteiger partial charge in [-0.3, -0.25) is 4.79 Å². The Balaban J connectivity index is 3.40. The van der Waals surface area contributed by atoms with Gasteiger partial charge in [0.05, 0.1) is 0 Å². The van der Waals surface area contributed by atoms with Crippen LogP contribution in [0.1, 0.15) is 58.8 Å². The first-order chi connectivity index (χ1) is 8.72. The van der Waals surface area contributed by atoms with Crippen molar-refractivity contribution in [2.45, 2.75) is 64.8 Å². The van der Waals surface area contributed by atoms with Gasteiger partial charge >= 0.3 is 5.97 Å². The molecule has 0 saturated heterocycles. The topological polar surface area (TPSA) is 58.6 Å². The molecule has 0 aliphatic rings. The summed E-state index contributed by atoms with van der Waals surface area (Å²) in [6.45, 7) is 6.25. The van der Waals surface area contributed by atoms with Gasteiger partial charge in [0.1, 0.15) is 6.04 Å². The van der Waals surface area contributed by atoms with Crippen LogP contribution in [0.15, 0.2) is 0 Å². The van der Waals surface area contributed by atoms with Crippen LogP contribution in [0.3, 0.4) is 0 Å². The normalized spacial score (nSPS) is 12.6. The third kappa shape index (κ3) is 10.5. The van der Waals surface area contributed by atoms with Gasteiger partial charge in [0.15, 0.2) is 0 Å². The lowest BCUT2D eigenvalue weighted by Gasteiger charge is -2.13. The SMILES string of the molecule is CCCCCCCOCCC(NCCC)C(=O)O. The summed E-state index contributed by atoms with van der Waals surface area (Å²) in [6.07, 6.45) is 7.61. The molecular weight excluding hydrogens is 230 g/mol. The van der Waals surface area contributed by atoms with E-state index in [-0.39, 0.29) is 0 Å². The first kappa shape index (κ1) is 17.4. The molecule has 4 nitrogen and oxygen atoms in total. The van der Waals surface area contributed by atoms with E-state index in [4.69, 9.17) is 9.84 Å². The number of hydrogen-bond donors (Lipinski definition) is 2. The molecule has 0 bridgehead atoms. The molecule has 0 amide bonds. The molecule has 18 heavy (non-hydrogen) atoms. The zero-order valence-electron chi connectivity index (χ0n) is 11.9. The van der Waals surface area contributed by atoms with Crippen LogP contribution in [-0.4, -0.2) is 36.9 Å². The van der Waals surface area contributed by atoms with Crippen molar-refractivity contribution in [3.05, 3.63) is 0 Å². The van der Waals surface area contributed by atoms with Gasteiger partial charge in [-0.25, -0.2) is 0 Å². The molecular formula is C14H29NO3. The lowest BCUT2D eigenvalue weighted by atomic mass is 10.2. The van der Waals surface area contributed by atoms with E-state index >= 15 is 0 Å². The zero-order valence-corrected chi connectivity index (χ0v) is 11.9. The van der Waals surface area contributed by atoms with Gasteiger partial charge in [-0.05, 0) is 25.8 Å². The highest BCUT2D eigenvalue weighted by molar-refractivity contribution is 5.73. The molecule has 0 radical (unpaired) electrons. The average molecular weight is 259 g/mol. The molecule has 0 spiro atoms. The minimum absolute atomic E-state index is 0.468. The Kier molecular flexibility index (Phi) is 12.4. The summed E-state index contributed by atoms with van der Waals surface area (Å²) in [7, 11) is 0. The number of nitrogens with one attached hydrogen (secondary N) is 1. The van der Waals surface area contributed by atoms with E-state index in [0.29, 0.717) is 13.0 Å². The lowest BCUT2D eigenvalue weighted by molar-refractivity contribution is -0.140. The average Bonchev–Trinajstić information content (AvgIpc) is 2.35. The van der Waals surface area contributed by atoms with Crippen LogP contribution in [0.25, 0.3) is 0 Å². The van der Waals surface area contributed by atoms with Gasteiger partial charge in [0.25, 0.3) is 0 Å². The van der Waals surface area contributed by atoms with Crippen molar-refractivity contribution in [3.8, 4) is 0 Å². The molecule has 0 aromatic carbocycles. The second-order valence-electron chi connectivity index (χ2n) is 4.66. The molecule has 0 aliphatic carbocycles. The summed E-state index contributed by atoms with van der Waals surface area (Å²) in [5.74, 6) is -0.782. The van der Waals surface area contributed by atoms with E-state index in [1.165, 1.54) is 25.7 Å². The molecule has 0 aromatic rings. The van der Waals surface area contributed by atoms with Crippen LogP contribution in [0.4, 0.5) is 0 Å². The largest absolute Gasteiger partial charge is 0.480 e. The van der Waals surface area contributed by atoms with Crippen LogP contribution in [0, 0.1) is 0 Å². The van der Waals surface area contributed by atoms with Crippen molar-refractivity contribution in [1.29, 1.82) is 0 Å². The molecule has 0 aromatic heterocycles. The Bertz CT molecular complexity index is 197. The number of unbranched alkanes of at least 4 members (excludes halogenated alkanes) is 4. The summed E-state index contributed by atoms with van der Waals surface area (Å²) in [5.41, 5.74) is 0. The maximum Gasteiger partial charge on any atom is 0.320 e. The summed E-state index contributed by atoms with van der Waals surface area (Å²) < 4.78 is 5.47. The molecule has 2 N–H and O–H groups in total. The molecule has 1 atom stereocenters. The maximum atomic E-state index is 10.9. The molecule has 108 valence electrons. The van der Waals surface area contributed by atoms with Gasteiger partial charge in [-0.15, -0.1) is 0 Å². The second-order valence-corrected chi connectivity index (χ2v) is 4.66. The first-order valence-electron chi connectivity index (χ1n) is 7.26. The Morgan fingerprint density at radius 3 is 2.44 bits per heavy atom. The third-order valence-corrected chi connectivity index (χ3v) is 2.88. The Labute approximate surface area is 111 Å². The quantitative estimate of drug-likeness (QED) is 0.499. The standard InChI is InChI=1S/C14H29NO3/c1-3-5-6-7-8-11-18-12-9-13(14(16)17)15-10-4-2/h13,15H,3-12H2,1-2H3,(H,16,17). The molecule has 4 heteroatoms. The van der Waals surface area contributed by atoms with Crippen molar-refractivity contribution in [1.82, 2.24) is 5.32 Å². The van der Waals surface area contributed by atoms with Gasteiger partial charge in [0, 0.05) is 13.2 Å². The predicted octanol–water partition coefficient (Wildman–Crippen LogP) is 2.82.